The van der Waals surface area contributed by atoms with Gasteiger partial charge in [-0.2, -0.15) is 0 Å². The molecule has 0 aliphatic carbocycles. The molecule has 0 bridgehead atoms. The number of piperidine rings is 1. The van der Waals surface area contributed by atoms with Gasteiger partial charge in [-0.1, -0.05) is 32.3 Å². The summed E-state index contributed by atoms with van der Waals surface area (Å²) in [6, 6.07) is 5.92. The van der Waals surface area contributed by atoms with E-state index in [2.05, 4.69) is 11.8 Å². The zero-order chi connectivity index (χ0) is 16.9. The van der Waals surface area contributed by atoms with E-state index in [1.807, 2.05) is 25.1 Å². The van der Waals surface area contributed by atoms with E-state index in [4.69, 9.17) is 4.42 Å². The van der Waals surface area contributed by atoms with Crippen molar-refractivity contribution >= 4 is 11.1 Å². The molecular weight excluding hydrogens is 300 g/mol. The molecule has 0 saturated carbocycles. The minimum atomic E-state index is -0.228. The van der Waals surface area contributed by atoms with Gasteiger partial charge in [-0.25, -0.2) is 4.79 Å². The zero-order valence-electron chi connectivity index (χ0n) is 15.1. The van der Waals surface area contributed by atoms with E-state index in [1.165, 1.54) is 45.2 Å². The van der Waals surface area contributed by atoms with Crippen molar-refractivity contribution in [3.63, 3.8) is 0 Å². The van der Waals surface area contributed by atoms with Gasteiger partial charge in [0, 0.05) is 6.54 Å². The number of benzene rings is 1. The van der Waals surface area contributed by atoms with Crippen molar-refractivity contribution in [1.82, 2.24) is 9.47 Å². The second-order valence-electron chi connectivity index (χ2n) is 7.27. The molecule has 2 aromatic rings. The van der Waals surface area contributed by atoms with Gasteiger partial charge in [0.25, 0.3) is 0 Å². The van der Waals surface area contributed by atoms with Crippen LogP contribution in [0.5, 0.6) is 0 Å². The third-order valence-corrected chi connectivity index (χ3v) is 5.35. The van der Waals surface area contributed by atoms with Gasteiger partial charge in [0.2, 0.25) is 0 Å². The van der Waals surface area contributed by atoms with Crippen LogP contribution in [0.15, 0.2) is 27.4 Å². The fourth-order valence-corrected chi connectivity index (χ4v) is 3.83. The van der Waals surface area contributed by atoms with Crippen LogP contribution in [0.3, 0.4) is 0 Å². The molecule has 132 valence electrons. The number of nitrogens with zero attached hydrogens (tertiary/aromatic N) is 2. The number of likely N-dealkylation sites (tertiary alicyclic amines) is 1. The highest BCUT2D eigenvalue weighted by Crippen LogP contribution is 2.22. The number of unbranched alkanes of at least 4 members (excludes halogenated alkanes) is 1. The monoisotopic (exact) mass is 330 g/mol. The number of aromatic nitrogens is 1. The highest BCUT2D eigenvalue weighted by molar-refractivity contribution is 5.73. The number of rotatable bonds is 7. The smallest absolute Gasteiger partial charge is 0.408 e. The summed E-state index contributed by atoms with van der Waals surface area (Å²) >= 11 is 0. The summed E-state index contributed by atoms with van der Waals surface area (Å²) in [5.41, 5.74) is 2.78. The summed E-state index contributed by atoms with van der Waals surface area (Å²) in [5, 5.41) is 0. The normalized spacial score (nSPS) is 16.9. The van der Waals surface area contributed by atoms with E-state index < -0.39 is 0 Å². The molecule has 1 aromatic heterocycles. The Hall–Kier alpha value is -1.55. The standard InChI is InChI=1S/C20H30N2O2/c1-3-4-6-17-9-13-21(14-10-17)11-5-12-22-18-15-16(2)7-8-19(18)24-20(22)23/h7-8,15,17H,3-6,9-14H2,1-2H3. The van der Waals surface area contributed by atoms with Crippen LogP contribution in [0.4, 0.5) is 0 Å². The van der Waals surface area contributed by atoms with Crippen molar-refractivity contribution in [1.29, 1.82) is 0 Å². The maximum atomic E-state index is 12.1. The molecule has 4 nitrogen and oxygen atoms in total. The fraction of sp³-hybridized carbons (Fsp3) is 0.650. The molecule has 0 unspecified atom stereocenters. The first-order valence-electron chi connectivity index (χ1n) is 9.49. The summed E-state index contributed by atoms with van der Waals surface area (Å²) in [4.78, 5) is 14.6. The van der Waals surface area contributed by atoms with Crippen molar-refractivity contribution in [2.75, 3.05) is 19.6 Å². The summed E-state index contributed by atoms with van der Waals surface area (Å²) in [5.74, 6) is 0.707. The number of aryl methyl sites for hydroxylation is 2. The Morgan fingerprint density at radius 3 is 2.71 bits per heavy atom. The first-order chi connectivity index (χ1) is 11.7. The van der Waals surface area contributed by atoms with Crippen LogP contribution < -0.4 is 5.76 Å². The highest BCUT2D eigenvalue weighted by atomic mass is 16.4. The Balaban J connectivity index is 1.50. The average Bonchev–Trinajstić information content (AvgIpc) is 2.89. The quantitative estimate of drug-likeness (QED) is 0.764. The molecular formula is C20H30N2O2. The molecule has 4 heteroatoms. The predicted molar refractivity (Wildman–Crippen MR) is 98.5 cm³/mol. The number of fused-ring (bicyclic) bond motifs is 1. The number of oxazole rings is 1. The summed E-state index contributed by atoms with van der Waals surface area (Å²) in [6.07, 6.45) is 7.78. The second kappa shape index (κ2) is 8.02. The van der Waals surface area contributed by atoms with Crippen LogP contribution >= 0.6 is 0 Å². The Morgan fingerprint density at radius 1 is 1.17 bits per heavy atom. The molecule has 3 rings (SSSR count). The molecule has 2 heterocycles. The minimum Gasteiger partial charge on any atom is -0.408 e. The van der Waals surface area contributed by atoms with Gasteiger partial charge in [0.05, 0.1) is 5.52 Å². The molecule has 24 heavy (non-hydrogen) atoms. The van der Waals surface area contributed by atoms with Crippen molar-refractivity contribution in [3.05, 3.63) is 34.3 Å². The lowest BCUT2D eigenvalue weighted by Crippen LogP contribution is -2.35. The van der Waals surface area contributed by atoms with Crippen molar-refractivity contribution < 1.29 is 4.42 Å². The van der Waals surface area contributed by atoms with Crippen molar-refractivity contribution in [2.24, 2.45) is 5.92 Å². The predicted octanol–water partition coefficient (Wildman–Crippen LogP) is 4.20. The molecule has 1 aromatic carbocycles. The largest absolute Gasteiger partial charge is 0.419 e. The fourth-order valence-electron chi connectivity index (χ4n) is 3.83. The third-order valence-electron chi connectivity index (χ3n) is 5.35. The van der Waals surface area contributed by atoms with Crippen LogP contribution in [-0.4, -0.2) is 29.1 Å². The van der Waals surface area contributed by atoms with E-state index in [-0.39, 0.29) is 5.76 Å². The summed E-state index contributed by atoms with van der Waals surface area (Å²) in [6.45, 7) is 8.57. The minimum absolute atomic E-state index is 0.228. The van der Waals surface area contributed by atoms with Gasteiger partial charge >= 0.3 is 5.76 Å². The average molecular weight is 330 g/mol. The Bertz CT molecular complexity index is 708. The van der Waals surface area contributed by atoms with E-state index in [9.17, 15) is 4.79 Å². The second-order valence-corrected chi connectivity index (χ2v) is 7.27. The lowest BCUT2D eigenvalue weighted by molar-refractivity contribution is 0.173. The Morgan fingerprint density at radius 2 is 1.96 bits per heavy atom. The highest BCUT2D eigenvalue weighted by Gasteiger charge is 2.18. The Kier molecular flexibility index (Phi) is 5.77. The van der Waals surface area contributed by atoms with Gasteiger partial charge in [0.15, 0.2) is 5.58 Å². The number of hydrogen-bond acceptors (Lipinski definition) is 3. The lowest BCUT2D eigenvalue weighted by Gasteiger charge is -2.31. The van der Waals surface area contributed by atoms with Crippen molar-refractivity contribution in [2.45, 2.75) is 58.9 Å². The van der Waals surface area contributed by atoms with E-state index >= 15 is 0 Å². The molecule has 1 aliphatic rings. The molecule has 0 N–H and O–H groups in total. The SMILES string of the molecule is CCCCC1CCN(CCCn2c(=O)oc3ccc(C)cc32)CC1. The maximum Gasteiger partial charge on any atom is 0.419 e. The molecule has 1 aliphatic heterocycles. The van der Waals surface area contributed by atoms with Crippen LogP contribution in [0.25, 0.3) is 11.1 Å². The summed E-state index contributed by atoms with van der Waals surface area (Å²) < 4.78 is 7.13. The zero-order valence-corrected chi connectivity index (χ0v) is 15.1. The van der Waals surface area contributed by atoms with Crippen LogP contribution in [-0.2, 0) is 6.54 Å². The first-order valence-corrected chi connectivity index (χ1v) is 9.49. The van der Waals surface area contributed by atoms with Gasteiger partial charge in [-0.3, -0.25) is 4.57 Å². The van der Waals surface area contributed by atoms with E-state index in [0.29, 0.717) is 5.58 Å². The maximum absolute atomic E-state index is 12.1. The molecule has 0 atom stereocenters. The topological polar surface area (TPSA) is 38.4 Å². The van der Waals surface area contributed by atoms with Crippen LogP contribution in [0.1, 0.15) is 51.0 Å². The van der Waals surface area contributed by atoms with Crippen LogP contribution in [0, 0.1) is 12.8 Å². The molecule has 1 fully saturated rings. The van der Waals surface area contributed by atoms with Gasteiger partial charge in [-0.15, -0.1) is 0 Å². The van der Waals surface area contributed by atoms with Gasteiger partial charge < -0.3 is 9.32 Å². The molecule has 0 amide bonds. The lowest BCUT2D eigenvalue weighted by atomic mass is 9.91. The number of hydrogen-bond donors (Lipinski definition) is 0. The van der Waals surface area contributed by atoms with Crippen molar-refractivity contribution in [3.8, 4) is 0 Å². The third kappa shape index (κ3) is 4.10. The Labute approximate surface area is 144 Å². The van der Waals surface area contributed by atoms with Gasteiger partial charge in [0.1, 0.15) is 0 Å². The van der Waals surface area contributed by atoms with E-state index in [1.54, 1.807) is 4.57 Å². The molecule has 1 saturated heterocycles. The molecule has 0 spiro atoms. The van der Waals surface area contributed by atoms with E-state index in [0.717, 1.165) is 36.5 Å². The first kappa shape index (κ1) is 17.3. The summed E-state index contributed by atoms with van der Waals surface area (Å²) in [7, 11) is 0. The van der Waals surface area contributed by atoms with Crippen LogP contribution in [0.2, 0.25) is 0 Å². The van der Waals surface area contributed by atoms with Gasteiger partial charge in [-0.05, 0) is 69.4 Å². The molecule has 0 radical (unpaired) electrons.